The summed E-state index contributed by atoms with van der Waals surface area (Å²) in [4.78, 5) is 0. The lowest BCUT2D eigenvalue weighted by atomic mass is 10.1. The summed E-state index contributed by atoms with van der Waals surface area (Å²) >= 11 is 0. The summed E-state index contributed by atoms with van der Waals surface area (Å²) in [5.41, 5.74) is 6.72. The Morgan fingerprint density at radius 3 is 1.92 bits per heavy atom. The van der Waals surface area contributed by atoms with Gasteiger partial charge in [-0.25, -0.2) is 0 Å². The highest BCUT2D eigenvalue weighted by atomic mass is 16.5. The van der Waals surface area contributed by atoms with Crippen molar-refractivity contribution in [3.05, 3.63) is 23.8 Å². The van der Waals surface area contributed by atoms with Crippen molar-refractivity contribution in [1.82, 2.24) is 0 Å². The molecular formula is C10H15NO2. The maximum Gasteiger partial charge on any atom is 0.127 e. The van der Waals surface area contributed by atoms with Gasteiger partial charge >= 0.3 is 0 Å². The highest BCUT2D eigenvalue weighted by Crippen LogP contribution is 2.32. The first-order chi connectivity index (χ1) is 6.20. The Morgan fingerprint density at radius 2 is 1.62 bits per heavy atom. The van der Waals surface area contributed by atoms with Gasteiger partial charge in [-0.05, 0) is 19.1 Å². The molecule has 1 aromatic rings. The molecule has 0 aliphatic carbocycles. The van der Waals surface area contributed by atoms with E-state index < -0.39 is 0 Å². The highest BCUT2D eigenvalue weighted by molar-refractivity contribution is 5.46. The van der Waals surface area contributed by atoms with Gasteiger partial charge in [0.05, 0.1) is 19.8 Å². The van der Waals surface area contributed by atoms with Gasteiger partial charge in [0.25, 0.3) is 0 Å². The van der Waals surface area contributed by atoms with Crippen LogP contribution in [0.1, 0.15) is 18.5 Å². The largest absolute Gasteiger partial charge is 0.496 e. The number of ether oxygens (including phenoxy) is 2. The van der Waals surface area contributed by atoms with Crippen LogP contribution in [0.4, 0.5) is 0 Å². The third kappa shape index (κ3) is 1.92. The van der Waals surface area contributed by atoms with Gasteiger partial charge in [-0.15, -0.1) is 0 Å². The fourth-order valence-corrected chi connectivity index (χ4v) is 1.33. The molecule has 0 bridgehead atoms. The second-order valence-corrected chi connectivity index (χ2v) is 2.86. The Hall–Kier alpha value is -1.22. The van der Waals surface area contributed by atoms with E-state index in [0.29, 0.717) is 0 Å². The van der Waals surface area contributed by atoms with Crippen LogP contribution in [0.25, 0.3) is 0 Å². The first-order valence-corrected chi connectivity index (χ1v) is 4.17. The molecule has 0 heterocycles. The Morgan fingerprint density at radius 1 is 1.15 bits per heavy atom. The van der Waals surface area contributed by atoms with Gasteiger partial charge in [0, 0.05) is 6.04 Å². The van der Waals surface area contributed by atoms with Gasteiger partial charge in [0.15, 0.2) is 0 Å². The molecule has 3 heteroatoms. The summed E-state index contributed by atoms with van der Waals surface area (Å²) in [5.74, 6) is 1.55. The Bertz CT molecular complexity index is 262. The molecule has 3 nitrogen and oxygen atoms in total. The van der Waals surface area contributed by atoms with Crippen LogP contribution < -0.4 is 15.2 Å². The number of methoxy groups -OCH3 is 2. The molecule has 0 radical (unpaired) electrons. The maximum absolute atomic E-state index is 5.81. The molecule has 1 aromatic carbocycles. The molecule has 1 rings (SSSR count). The zero-order valence-corrected chi connectivity index (χ0v) is 8.20. The van der Waals surface area contributed by atoms with Crippen molar-refractivity contribution >= 4 is 0 Å². The first-order valence-electron chi connectivity index (χ1n) is 4.17. The Balaban J connectivity index is 3.21. The molecule has 0 fully saturated rings. The fourth-order valence-electron chi connectivity index (χ4n) is 1.33. The van der Waals surface area contributed by atoms with Crippen molar-refractivity contribution in [3.63, 3.8) is 0 Å². The number of hydrogen-bond donors (Lipinski definition) is 1. The molecule has 0 aliphatic rings. The molecule has 13 heavy (non-hydrogen) atoms. The van der Waals surface area contributed by atoms with Crippen molar-refractivity contribution in [3.8, 4) is 11.5 Å². The summed E-state index contributed by atoms with van der Waals surface area (Å²) in [6.07, 6.45) is 0. The van der Waals surface area contributed by atoms with Gasteiger partial charge in [0.1, 0.15) is 11.5 Å². The Labute approximate surface area is 78.5 Å². The average molecular weight is 181 g/mol. The third-order valence-corrected chi connectivity index (χ3v) is 1.92. The summed E-state index contributed by atoms with van der Waals surface area (Å²) in [6.45, 7) is 1.90. The van der Waals surface area contributed by atoms with Crippen LogP contribution in [0.2, 0.25) is 0 Å². The normalized spacial score (nSPS) is 12.3. The lowest BCUT2D eigenvalue weighted by Crippen LogP contribution is -2.08. The molecule has 0 aromatic heterocycles. The van der Waals surface area contributed by atoms with Crippen LogP contribution in [-0.2, 0) is 0 Å². The minimum atomic E-state index is -0.0916. The molecule has 1 atom stereocenters. The minimum absolute atomic E-state index is 0.0916. The molecule has 0 aliphatic heterocycles. The first kappa shape index (κ1) is 9.86. The van der Waals surface area contributed by atoms with E-state index in [9.17, 15) is 0 Å². The summed E-state index contributed by atoms with van der Waals surface area (Å²) in [5, 5.41) is 0. The van der Waals surface area contributed by atoms with Crippen molar-refractivity contribution in [2.45, 2.75) is 13.0 Å². The summed E-state index contributed by atoms with van der Waals surface area (Å²) in [6, 6.07) is 5.54. The van der Waals surface area contributed by atoms with E-state index in [1.807, 2.05) is 25.1 Å². The molecule has 0 saturated carbocycles. The minimum Gasteiger partial charge on any atom is -0.496 e. The summed E-state index contributed by atoms with van der Waals surface area (Å²) < 4.78 is 10.4. The topological polar surface area (TPSA) is 44.5 Å². The number of hydrogen-bond acceptors (Lipinski definition) is 3. The van der Waals surface area contributed by atoms with E-state index >= 15 is 0 Å². The van der Waals surface area contributed by atoms with Gasteiger partial charge in [-0.2, -0.15) is 0 Å². The predicted molar refractivity (Wildman–Crippen MR) is 52.1 cm³/mol. The van der Waals surface area contributed by atoms with Gasteiger partial charge < -0.3 is 15.2 Å². The van der Waals surface area contributed by atoms with Gasteiger partial charge in [0.2, 0.25) is 0 Å². The molecule has 72 valence electrons. The zero-order chi connectivity index (χ0) is 9.84. The van der Waals surface area contributed by atoms with E-state index in [4.69, 9.17) is 15.2 Å². The van der Waals surface area contributed by atoms with E-state index in [1.165, 1.54) is 0 Å². The lowest BCUT2D eigenvalue weighted by Gasteiger charge is -2.15. The van der Waals surface area contributed by atoms with E-state index in [2.05, 4.69) is 0 Å². The summed E-state index contributed by atoms with van der Waals surface area (Å²) in [7, 11) is 3.25. The van der Waals surface area contributed by atoms with Crippen LogP contribution in [0.3, 0.4) is 0 Å². The van der Waals surface area contributed by atoms with Crippen molar-refractivity contribution < 1.29 is 9.47 Å². The van der Waals surface area contributed by atoms with E-state index in [0.717, 1.165) is 17.1 Å². The third-order valence-electron chi connectivity index (χ3n) is 1.92. The quantitative estimate of drug-likeness (QED) is 0.772. The van der Waals surface area contributed by atoms with Crippen LogP contribution >= 0.6 is 0 Å². The average Bonchev–Trinajstić information content (AvgIpc) is 2.16. The molecule has 0 saturated heterocycles. The lowest BCUT2D eigenvalue weighted by molar-refractivity contribution is 0.381. The van der Waals surface area contributed by atoms with Crippen molar-refractivity contribution in [2.24, 2.45) is 5.73 Å². The molecule has 2 N–H and O–H groups in total. The van der Waals surface area contributed by atoms with Crippen LogP contribution in [-0.4, -0.2) is 14.2 Å². The molecular weight excluding hydrogens is 166 g/mol. The molecule has 0 amide bonds. The van der Waals surface area contributed by atoms with Gasteiger partial charge in [-0.3, -0.25) is 0 Å². The van der Waals surface area contributed by atoms with Gasteiger partial charge in [-0.1, -0.05) is 6.07 Å². The zero-order valence-electron chi connectivity index (χ0n) is 8.20. The monoisotopic (exact) mass is 181 g/mol. The molecule has 0 unspecified atom stereocenters. The number of nitrogens with two attached hydrogens (primary N) is 1. The van der Waals surface area contributed by atoms with E-state index in [-0.39, 0.29) is 6.04 Å². The highest BCUT2D eigenvalue weighted by Gasteiger charge is 2.12. The standard InChI is InChI=1S/C10H15NO2/c1-7(11)10-8(12-2)5-4-6-9(10)13-3/h4-7H,11H2,1-3H3/t7-/m0/s1. The Kier molecular flexibility index (Phi) is 3.14. The van der Waals surface area contributed by atoms with Crippen molar-refractivity contribution in [2.75, 3.05) is 14.2 Å². The van der Waals surface area contributed by atoms with Crippen LogP contribution in [0, 0.1) is 0 Å². The van der Waals surface area contributed by atoms with Crippen LogP contribution in [0.15, 0.2) is 18.2 Å². The second-order valence-electron chi connectivity index (χ2n) is 2.86. The number of rotatable bonds is 3. The second kappa shape index (κ2) is 4.14. The molecule has 0 spiro atoms. The van der Waals surface area contributed by atoms with Crippen LogP contribution in [0.5, 0.6) is 11.5 Å². The SMILES string of the molecule is COc1cccc(OC)c1[C@H](C)N. The number of benzene rings is 1. The fraction of sp³-hybridized carbons (Fsp3) is 0.400. The maximum atomic E-state index is 5.81. The predicted octanol–water partition coefficient (Wildman–Crippen LogP) is 1.72. The smallest absolute Gasteiger partial charge is 0.127 e. The van der Waals surface area contributed by atoms with Crippen molar-refractivity contribution in [1.29, 1.82) is 0 Å². The van der Waals surface area contributed by atoms with E-state index in [1.54, 1.807) is 14.2 Å².